The molecule has 1 aliphatic rings. The van der Waals surface area contributed by atoms with Crippen LogP contribution in [0.3, 0.4) is 0 Å². The van der Waals surface area contributed by atoms with Gasteiger partial charge in [0.1, 0.15) is 0 Å². The van der Waals surface area contributed by atoms with Crippen LogP contribution in [0.4, 0.5) is 5.69 Å². The summed E-state index contributed by atoms with van der Waals surface area (Å²) in [6, 6.07) is 5.35. The largest absolute Gasteiger partial charge is 0.392 e. The van der Waals surface area contributed by atoms with Crippen molar-refractivity contribution in [2.45, 2.75) is 38.5 Å². The summed E-state index contributed by atoms with van der Waals surface area (Å²) in [7, 11) is 0. The van der Waals surface area contributed by atoms with E-state index in [0.29, 0.717) is 23.6 Å². The van der Waals surface area contributed by atoms with Gasteiger partial charge in [0.25, 0.3) is 0 Å². The molecule has 21 heavy (non-hydrogen) atoms. The molecular weight excluding hydrogens is 372 g/mol. The first-order valence-corrected chi connectivity index (χ1v) is 8.60. The second-order valence-corrected chi connectivity index (χ2v) is 7.20. The molecule has 0 unspecified atom stereocenters. The number of thiocarbonyl (C=S) groups is 1. The number of hydrogen-bond donors (Lipinski definition) is 2. The Morgan fingerprint density at radius 3 is 2.48 bits per heavy atom. The second-order valence-electron chi connectivity index (χ2n) is 5.44. The minimum atomic E-state index is -0.753. The van der Waals surface area contributed by atoms with Crippen molar-refractivity contribution in [1.82, 2.24) is 0 Å². The highest BCUT2D eigenvalue weighted by atomic mass is 79.9. The van der Waals surface area contributed by atoms with Gasteiger partial charge in [-0.2, -0.15) is 0 Å². The second kappa shape index (κ2) is 7.07. The molecule has 1 aromatic carbocycles. The zero-order valence-corrected chi connectivity index (χ0v) is 14.8. The standard InChI is InChI=1S/C15H18BrClN2OS/c16-10-5-6-11(17)12(9-10)19-14(20)15(13(18)21)7-3-1-2-4-8-15/h5-6,9H,1-4,7-8H2,(H2,18,21)(H,19,20). The van der Waals surface area contributed by atoms with E-state index in [9.17, 15) is 4.79 Å². The van der Waals surface area contributed by atoms with Crippen molar-refractivity contribution in [2.24, 2.45) is 11.1 Å². The number of rotatable bonds is 3. The zero-order chi connectivity index (χ0) is 15.5. The Labute approximate surface area is 143 Å². The highest BCUT2D eigenvalue weighted by molar-refractivity contribution is 9.10. The van der Waals surface area contributed by atoms with Crippen LogP contribution in [0.1, 0.15) is 38.5 Å². The average Bonchev–Trinajstić information content (AvgIpc) is 2.69. The molecule has 0 radical (unpaired) electrons. The average molecular weight is 390 g/mol. The van der Waals surface area contributed by atoms with Gasteiger partial charge < -0.3 is 11.1 Å². The predicted molar refractivity (Wildman–Crippen MR) is 94.7 cm³/mol. The van der Waals surface area contributed by atoms with Crippen LogP contribution < -0.4 is 11.1 Å². The van der Waals surface area contributed by atoms with E-state index in [4.69, 9.17) is 29.6 Å². The third kappa shape index (κ3) is 3.76. The summed E-state index contributed by atoms with van der Waals surface area (Å²) in [6.07, 6.45) is 5.60. The van der Waals surface area contributed by atoms with Crippen molar-refractivity contribution in [3.63, 3.8) is 0 Å². The molecule has 1 aromatic rings. The van der Waals surface area contributed by atoms with Gasteiger partial charge in [-0.25, -0.2) is 0 Å². The third-order valence-corrected chi connectivity index (χ3v) is 5.25. The lowest BCUT2D eigenvalue weighted by molar-refractivity contribution is -0.122. The van der Waals surface area contributed by atoms with Crippen LogP contribution in [-0.2, 0) is 4.79 Å². The molecule has 0 heterocycles. The molecule has 0 saturated heterocycles. The van der Waals surface area contributed by atoms with E-state index in [2.05, 4.69) is 21.2 Å². The SMILES string of the molecule is NC(=S)C1(C(=O)Nc2cc(Br)ccc2Cl)CCCCCC1. The van der Waals surface area contributed by atoms with Gasteiger partial charge in [-0.1, -0.05) is 65.4 Å². The molecule has 6 heteroatoms. The molecule has 0 atom stereocenters. The smallest absolute Gasteiger partial charge is 0.237 e. The summed E-state index contributed by atoms with van der Waals surface area (Å²) >= 11 is 14.7. The van der Waals surface area contributed by atoms with Gasteiger partial charge in [-0.15, -0.1) is 0 Å². The first-order chi connectivity index (χ1) is 9.95. The Balaban J connectivity index is 2.26. The number of carbonyl (C=O) groups excluding carboxylic acids is 1. The molecule has 1 saturated carbocycles. The summed E-state index contributed by atoms with van der Waals surface area (Å²) in [5, 5.41) is 3.40. The Morgan fingerprint density at radius 2 is 1.90 bits per heavy atom. The van der Waals surface area contributed by atoms with E-state index >= 15 is 0 Å². The molecule has 1 amide bonds. The molecule has 1 fully saturated rings. The van der Waals surface area contributed by atoms with E-state index in [-0.39, 0.29) is 10.9 Å². The van der Waals surface area contributed by atoms with E-state index in [1.165, 1.54) is 0 Å². The Hall–Kier alpha value is -0.650. The van der Waals surface area contributed by atoms with Crippen molar-refractivity contribution < 1.29 is 4.79 Å². The van der Waals surface area contributed by atoms with Crippen molar-refractivity contribution in [3.05, 3.63) is 27.7 Å². The number of nitrogens with one attached hydrogen (secondary N) is 1. The van der Waals surface area contributed by atoms with Crippen LogP contribution >= 0.6 is 39.7 Å². The van der Waals surface area contributed by atoms with Gasteiger partial charge in [0.05, 0.1) is 21.1 Å². The maximum atomic E-state index is 12.8. The van der Waals surface area contributed by atoms with Crippen LogP contribution in [0.25, 0.3) is 0 Å². The summed E-state index contributed by atoms with van der Waals surface area (Å²) in [4.78, 5) is 13.1. The lowest BCUT2D eigenvalue weighted by atomic mass is 9.79. The monoisotopic (exact) mass is 388 g/mol. The lowest BCUT2D eigenvalue weighted by Crippen LogP contribution is -2.45. The number of halogens is 2. The minimum Gasteiger partial charge on any atom is -0.392 e. The summed E-state index contributed by atoms with van der Waals surface area (Å²) in [6.45, 7) is 0. The molecule has 3 N–H and O–H groups in total. The van der Waals surface area contributed by atoms with Gasteiger partial charge in [-0.3, -0.25) is 4.79 Å². The third-order valence-electron chi connectivity index (χ3n) is 4.04. The van der Waals surface area contributed by atoms with E-state index in [0.717, 1.165) is 30.2 Å². The molecule has 0 aliphatic heterocycles. The molecule has 1 aliphatic carbocycles. The van der Waals surface area contributed by atoms with Gasteiger partial charge in [0.15, 0.2) is 0 Å². The topological polar surface area (TPSA) is 55.1 Å². The van der Waals surface area contributed by atoms with Crippen molar-refractivity contribution in [1.29, 1.82) is 0 Å². The number of amides is 1. The molecule has 2 rings (SSSR count). The van der Waals surface area contributed by atoms with Gasteiger partial charge >= 0.3 is 0 Å². The predicted octanol–water partition coefficient (Wildman–Crippen LogP) is 4.67. The molecule has 3 nitrogen and oxygen atoms in total. The van der Waals surface area contributed by atoms with Crippen molar-refractivity contribution in [3.8, 4) is 0 Å². The van der Waals surface area contributed by atoms with Gasteiger partial charge in [0.2, 0.25) is 5.91 Å². The summed E-state index contributed by atoms with van der Waals surface area (Å²) < 4.78 is 0.854. The minimum absolute atomic E-state index is 0.142. The molecular formula is C15H18BrClN2OS. The van der Waals surface area contributed by atoms with Crippen molar-refractivity contribution in [2.75, 3.05) is 5.32 Å². The fourth-order valence-electron chi connectivity index (χ4n) is 2.75. The molecule has 0 spiro atoms. The first kappa shape index (κ1) is 16.7. The zero-order valence-electron chi connectivity index (χ0n) is 11.6. The number of anilines is 1. The normalized spacial score (nSPS) is 17.8. The molecule has 0 bridgehead atoms. The van der Waals surface area contributed by atoms with E-state index < -0.39 is 5.41 Å². The van der Waals surface area contributed by atoms with Crippen LogP contribution in [0.15, 0.2) is 22.7 Å². The lowest BCUT2D eigenvalue weighted by Gasteiger charge is -2.30. The van der Waals surface area contributed by atoms with Gasteiger partial charge in [0, 0.05) is 4.47 Å². The first-order valence-electron chi connectivity index (χ1n) is 7.02. The van der Waals surface area contributed by atoms with Crippen LogP contribution in [-0.4, -0.2) is 10.9 Å². The van der Waals surface area contributed by atoms with Crippen LogP contribution in [0, 0.1) is 5.41 Å². The molecule has 0 aromatic heterocycles. The Bertz CT molecular complexity index is 557. The Morgan fingerprint density at radius 1 is 1.29 bits per heavy atom. The van der Waals surface area contributed by atoms with Crippen LogP contribution in [0.5, 0.6) is 0 Å². The van der Waals surface area contributed by atoms with E-state index in [1.54, 1.807) is 12.1 Å². The van der Waals surface area contributed by atoms with Crippen LogP contribution in [0.2, 0.25) is 5.02 Å². The Kier molecular flexibility index (Phi) is 5.63. The summed E-state index contributed by atoms with van der Waals surface area (Å²) in [5.41, 5.74) is 5.75. The molecule has 114 valence electrons. The number of nitrogens with two attached hydrogens (primary N) is 1. The van der Waals surface area contributed by atoms with Crippen molar-refractivity contribution >= 4 is 56.3 Å². The maximum Gasteiger partial charge on any atom is 0.237 e. The maximum absolute atomic E-state index is 12.8. The highest BCUT2D eigenvalue weighted by Gasteiger charge is 2.41. The number of carbonyl (C=O) groups is 1. The fourth-order valence-corrected chi connectivity index (χ4v) is 3.58. The fraction of sp³-hybridized carbons (Fsp3) is 0.467. The van der Waals surface area contributed by atoms with E-state index in [1.807, 2.05) is 6.07 Å². The van der Waals surface area contributed by atoms with Gasteiger partial charge in [-0.05, 0) is 31.0 Å². The highest BCUT2D eigenvalue weighted by Crippen LogP contribution is 2.37. The quantitative estimate of drug-likeness (QED) is 0.583. The number of hydrogen-bond acceptors (Lipinski definition) is 2. The number of benzene rings is 1. The summed E-state index contributed by atoms with van der Waals surface area (Å²) in [5.74, 6) is -0.142.